The predicted octanol–water partition coefficient (Wildman–Crippen LogP) is 2.76. The Morgan fingerprint density at radius 2 is 1.63 bits per heavy atom. The highest BCUT2D eigenvalue weighted by molar-refractivity contribution is 7.86. The molecule has 1 N–H and O–H groups in total. The molecule has 98 valence electrons. The summed E-state index contributed by atoms with van der Waals surface area (Å²) < 4.78 is 25.1. The molecule has 0 spiro atoms. The normalized spacial score (nSPS) is 13.7. The molecule has 2 aromatic carbocycles. The van der Waals surface area contributed by atoms with Gasteiger partial charge in [-0.2, -0.15) is 0 Å². The number of carboxylic acids is 1. The number of hydrogen-bond acceptors (Lipinski definition) is 2. The summed E-state index contributed by atoms with van der Waals surface area (Å²) in [4.78, 5) is 11.6. The molecule has 0 amide bonds. The van der Waals surface area contributed by atoms with Gasteiger partial charge in [-0.15, -0.1) is 0 Å². The molecule has 19 heavy (non-hydrogen) atoms. The Bertz CT molecular complexity index is 596. The van der Waals surface area contributed by atoms with Crippen molar-refractivity contribution in [2.24, 2.45) is 0 Å². The van der Waals surface area contributed by atoms with Crippen molar-refractivity contribution in [1.82, 2.24) is 0 Å². The second kappa shape index (κ2) is 5.75. The summed E-state index contributed by atoms with van der Waals surface area (Å²) in [6.45, 7) is 0. The summed E-state index contributed by atoms with van der Waals surface area (Å²) in [5, 5.41) is 8.09. The molecule has 2 atom stereocenters. The summed E-state index contributed by atoms with van der Waals surface area (Å²) in [7, 11) is -1.78. The van der Waals surface area contributed by atoms with E-state index in [1.165, 1.54) is 12.1 Å². The van der Waals surface area contributed by atoms with E-state index in [4.69, 9.17) is 0 Å². The highest BCUT2D eigenvalue weighted by atomic mass is 32.2. The highest BCUT2D eigenvalue weighted by Crippen LogP contribution is 2.25. The maximum absolute atomic E-state index is 12.8. The zero-order valence-electron chi connectivity index (χ0n) is 9.82. The van der Waals surface area contributed by atoms with Gasteiger partial charge in [0.05, 0.1) is 10.8 Å². The molecule has 0 radical (unpaired) electrons. The van der Waals surface area contributed by atoms with E-state index < -0.39 is 27.8 Å². The minimum absolute atomic E-state index is 0.289. The second-order valence-corrected chi connectivity index (χ2v) is 5.42. The van der Waals surface area contributed by atoms with Crippen LogP contribution in [0.4, 0.5) is 4.39 Å². The summed E-state index contributed by atoms with van der Waals surface area (Å²) >= 11 is 0. The first kappa shape index (κ1) is 13.4. The van der Waals surface area contributed by atoms with Crippen molar-refractivity contribution in [3.05, 3.63) is 66.0 Å². The van der Waals surface area contributed by atoms with Crippen molar-refractivity contribution in [3.63, 3.8) is 0 Å². The van der Waals surface area contributed by atoms with Gasteiger partial charge in [-0.3, -0.25) is 9.00 Å². The zero-order chi connectivity index (χ0) is 13.8. The minimum atomic E-state index is -1.78. The molecule has 0 saturated carbocycles. The van der Waals surface area contributed by atoms with E-state index in [0.29, 0.717) is 5.56 Å². The lowest BCUT2D eigenvalue weighted by molar-refractivity contribution is -0.136. The molecule has 2 rings (SSSR count). The fourth-order valence-electron chi connectivity index (χ4n) is 1.69. The summed E-state index contributed by atoms with van der Waals surface area (Å²) in [5.41, 5.74) is 0.456. The number of rotatable bonds is 4. The van der Waals surface area contributed by atoms with E-state index in [1.54, 1.807) is 30.3 Å². The maximum atomic E-state index is 12.8. The molecule has 0 aliphatic rings. The Kier molecular flexibility index (Phi) is 4.06. The summed E-state index contributed by atoms with van der Waals surface area (Å²) in [6, 6.07) is 13.4. The first-order valence-electron chi connectivity index (χ1n) is 5.53. The standard InChI is InChI=1S/C14H11FO3S/c15-11-6-8-12(9-7-11)19(18)13(14(16)17)10-4-2-1-3-5-10/h1-9,13H,(H,16,17). The van der Waals surface area contributed by atoms with E-state index in [2.05, 4.69) is 0 Å². The van der Waals surface area contributed by atoms with Crippen molar-refractivity contribution in [1.29, 1.82) is 0 Å². The van der Waals surface area contributed by atoms with Crippen LogP contribution in [0.5, 0.6) is 0 Å². The minimum Gasteiger partial charge on any atom is -0.480 e. The molecule has 2 aromatic rings. The number of halogens is 1. The van der Waals surface area contributed by atoms with Gasteiger partial charge in [-0.1, -0.05) is 30.3 Å². The Morgan fingerprint density at radius 3 is 2.16 bits per heavy atom. The number of aliphatic carboxylic acids is 1. The summed E-state index contributed by atoms with van der Waals surface area (Å²) in [5.74, 6) is -1.62. The van der Waals surface area contributed by atoms with Gasteiger partial charge in [0.2, 0.25) is 0 Å². The van der Waals surface area contributed by atoms with Crippen LogP contribution in [0.2, 0.25) is 0 Å². The van der Waals surface area contributed by atoms with Crippen molar-refractivity contribution in [3.8, 4) is 0 Å². The molecule has 3 nitrogen and oxygen atoms in total. The quantitative estimate of drug-likeness (QED) is 0.935. The van der Waals surface area contributed by atoms with Gasteiger partial charge in [0.25, 0.3) is 0 Å². The Morgan fingerprint density at radius 1 is 1.05 bits per heavy atom. The molecule has 0 aliphatic heterocycles. The number of carboxylic acid groups (broad SMARTS) is 1. The molecule has 0 fully saturated rings. The first-order valence-corrected chi connectivity index (χ1v) is 6.75. The fourth-order valence-corrected chi connectivity index (χ4v) is 2.95. The van der Waals surface area contributed by atoms with Gasteiger partial charge in [0.15, 0.2) is 5.25 Å². The number of hydrogen-bond donors (Lipinski definition) is 1. The Balaban J connectivity index is 2.38. The molecule has 0 saturated heterocycles. The van der Waals surface area contributed by atoms with Gasteiger partial charge < -0.3 is 5.11 Å². The predicted molar refractivity (Wildman–Crippen MR) is 69.6 cm³/mol. The molecule has 0 bridgehead atoms. The van der Waals surface area contributed by atoms with Crippen molar-refractivity contribution < 1.29 is 18.5 Å². The Hall–Kier alpha value is -2.01. The highest BCUT2D eigenvalue weighted by Gasteiger charge is 2.27. The van der Waals surface area contributed by atoms with Crippen molar-refractivity contribution in [2.45, 2.75) is 10.1 Å². The SMILES string of the molecule is O=C(O)C(c1ccccc1)S(=O)c1ccc(F)cc1. The van der Waals surface area contributed by atoms with Gasteiger partial charge in [0, 0.05) is 4.90 Å². The zero-order valence-corrected chi connectivity index (χ0v) is 10.6. The van der Waals surface area contributed by atoms with Gasteiger partial charge >= 0.3 is 5.97 Å². The van der Waals surface area contributed by atoms with Crippen LogP contribution in [-0.2, 0) is 15.6 Å². The van der Waals surface area contributed by atoms with Crippen LogP contribution < -0.4 is 0 Å². The maximum Gasteiger partial charge on any atom is 0.324 e. The van der Waals surface area contributed by atoms with E-state index in [9.17, 15) is 18.5 Å². The van der Waals surface area contributed by atoms with E-state index >= 15 is 0 Å². The van der Waals surface area contributed by atoms with Gasteiger partial charge in [0.1, 0.15) is 5.82 Å². The van der Waals surface area contributed by atoms with Crippen LogP contribution in [-0.4, -0.2) is 15.3 Å². The molecule has 0 aliphatic carbocycles. The average Bonchev–Trinajstić information content (AvgIpc) is 2.40. The fraction of sp³-hybridized carbons (Fsp3) is 0.0714. The summed E-state index contributed by atoms with van der Waals surface area (Å²) in [6.07, 6.45) is 0. The van der Waals surface area contributed by atoms with Crippen LogP contribution in [0.1, 0.15) is 10.8 Å². The molecule has 2 unspecified atom stereocenters. The Labute approximate surface area is 112 Å². The topological polar surface area (TPSA) is 54.4 Å². The third-order valence-electron chi connectivity index (χ3n) is 2.59. The number of carbonyl (C=O) groups is 1. The van der Waals surface area contributed by atoms with Crippen LogP contribution in [0.15, 0.2) is 59.5 Å². The van der Waals surface area contributed by atoms with Gasteiger partial charge in [-0.05, 0) is 29.8 Å². The monoisotopic (exact) mass is 278 g/mol. The lowest BCUT2D eigenvalue weighted by Crippen LogP contribution is -2.17. The van der Waals surface area contributed by atoms with E-state index in [-0.39, 0.29) is 4.90 Å². The van der Waals surface area contributed by atoms with Crippen LogP contribution in [0.3, 0.4) is 0 Å². The number of benzene rings is 2. The second-order valence-electron chi connectivity index (χ2n) is 3.88. The molecule has 0 heterocycles. The van der Waals surface area contributed by atoms with E-state index in [0.717, 1.165) is 12.1 Å². The molecule has 5 heteroatoms. The van der Waals surface area contributed by atoms with Crippen molar-refractivity contribution >= 4 is 16.8 Å². The average molecular weight is 278 g/mol. The van der Waals surface area contributed by atoms with Crippen LogP contribution >= 0.6 is 0 Å². The van der Waals surface area contributed by atoms with Crippen LogP contribution in [0, 0.1) is 5.82 Å². The smallest absolute Gasteiger partial charge is 0.324 e. The van der Waals surface area contributed by atoms with E-state index in [1.807, 2.05) is 0 Å². The lowest BCUT2D eigenvalue weighted by Gasteiger charge is -2.12. The van der Waals surface area contributed by atoms with Crippen LogP contribution in [0.25, 0.3) is 0 Å². The van der Waals surface area contributed by atoms with Gasteiger partial charge in [-0.25, -0.2) is 4.39 Å². The third-order valence-corrected chi connectivity index (χ3v) is 4.23. The lowest BCUT2D eigenvalue weighted by atomic mass is 10.1. The third kappa shape index (κ3) is 3.06. The molecule has 0 aromatic heterocycles. The largest absolute Gasteiger partial charge is 0.480 e. The molecular formula is C14H11FO3S. The van der Waals surface area contributed by atoms with Crippen molar-refractivity contribution in [2.75, 3.05) is 0 Å². The molecular weight excluding hydrogens is 267 g/mol. The first-order chi connectivity index (χ1) is 9.09.